The molecule has 1 heterocycles. The van der Waals surface area contributed by atoms with E-state index in [0.29, 0.717) is 12.4 Å². The molecule has 1 rings (SSSR count). The van der Waals surface area contributed by atoms with Crippen molar-refractivity contribution in [2.75, 3.05) is 12.4 Å². The number of hydrogen-bond acceptors (Lipinski definition) is 3. The summed E-state index contributed by atoms with van der Waals surface area (Å²) < 4.78 is 5.22. The van der Waals surface area contributed by atoms with Crippen LogP contribution in [0.3, 0.4) is 0 Å². The van der Waals surface area contributed by atoms with Gasteiger partial charge in [-0.1, -0.05) is 0 Å². The van der Waals surface area contributed by atoms with E-state index in [1.54, 1.807) is 16.7 Å². The Bertz CT molecular complexity index is 200. The number of thioether (sulfide) groups is 1. The van der Waals surface area contributed by atoms with Gasteiger partial charge in [0.05, 0.1) is 5.88 Å². The first-order chi connectivity index (χ1) is 5.88. The Balaban J connectivity index is 2.41. The lowest BCUT2D eigenvalue weighted by Gasteiger charge is -2.23. The first-order valence-electron chi connectivity index (χ1n) is 4.31. The molecule has 13 heavy (non-hydrogen) atoms. The molecule has 0 aromatic heterocycles. The SMILES string of the molecule is [CH2]C1CN(C(=O)OC(C)(C)C)CS1. The van der Waals surface area contributed by atoms with Crippen molar-refractivity contribution in [3.63, 3.8) is 0 Å². The van der Waals surface area contributed by atoms with E-state index in [2.05, 4.69) is 6.92 Å². The largest absolute Gasteiger partial charge is 0.444 e. The third-order valence-corrected chi connectivity index (χ3v) is 2.62. The quantitative estimate of drug-likeness (QED) is 0.602. The van der Waals surface area contributed by atoms with Crippen molar-refractivity contribution < 1.29 is 9.53 Å². The number of nitrogens with zero attached hydrogens (tertiary/aromatic N) is 1. The number of carbonyl (C=O) groups excluding carboxylic acids is 1. The van der Waals surface area contributed by atoms with Crippen molar-refractivity contribution in [2.45, 2.75) is 31.6 Å². The summed E-state index contributed by atoms with van der Waals surface area (Å²) in [5, 5.41) is 0.285. The van der Waals surface area contributed by atoms with Gasteiger partial charge in [-0.05, 0) is 27.7 Å². The minimum Gasteiger partial charge on any atom is -0.444 e. The van der Waals surface area contributed by atoms with Gasteiger partial charge in [0, 0.05) is 11.8 Å². The molecule has 0 N–H and O–H groups in total. The molecule has 1 atom stereocenters. The molecule has 1 radical (unpaired) electrons. The molecule has 1 unspecified atom stereocenters. The van der Waals surface area contributed by atoms with E-state index in [1.165, 1.54) is 0 Å². The highest BCUT2D eigenvalue weighted by molar-refractivity contribution is 8.00. The van der Waals surface area contributed by atoms with Crippen molar-refractivity contribution in [3.05, 3.63) is 6.92 Å². The van der Waals surface area contributed by atoms with Crippen molar-refractivity contribution in [1.82, 2.24) is 4.90 Å². The van der Waals surface area contributed by atoms with Crippen molar-refractivity contribution in [2.24, 2.45) is 0 Å². The molecule has 1 amide bonds. The zero-order valence-corrected chi connectivity index (χ0v) is 9.19. The van der Waals surface area contributed by atoms with E-state index in [1.807, 2.05) is 20.8 Å². The summed E-state index contributed by atoms with van der Waals surface area (Å²) in [6.45, 7) is 10.2. The summed E-state index contributed by atoms with van der Waals surface area (Å²) in [6, 6.07) is 0. The Morgan fingerprint density at radius 2 is 2.23 bits per heavy atom. The van der Waals surface area contributed by atoms with Gasteiger partial charge in [-0.3, -0.25) is 4.90 Å². The van der Waals surface area contributed by atoms with Crippen molar-refractivity contribution >= 4 is 17.9 Å². The van der Waals surface area contributed by atoms with Gasteiger partial charge >= 0.3 is 6.09 Å². The van der Waals surface area contributed by atoms with Gasteiger partial charge in [0.1, 0.15) is 5.60 Å². The van der Waals surface area contributed by atoms with Crippen LogP contribution >= 0.6 is 11.8 Å². The zero-order valence-electron chi connectivity index (χ0n) is 8.37. The zero-order chi connectivity index (χ0) is 10.1. The Morgan fingerprint density at radius 3 is 2.62 bits per heavy atom. The van der Waals surface area contributed by atoms with Crippen LogP contribution in [-0.4, -0.2) is 34.3 Å². The highest BCUT2D eigenvalue weighted by Crippen LogP contribution is 2.23. The minimum atomic E-state index is -0.402. The molecule has 0 bridgehead atoms. The molecule has 0 aromatic carbocycles. The second-order valence-corrected chi connectivity index (χ2v) is 5.38. The third kappa shape index (κ3) is 3.46. The second-order valence-electron chi connectivity index (χ2n) is 4.12. The van der Waals surface area contributed by atoms with Crippen LogP contribution in [0.15, 0.2) is 0 Å². The van der Waals surface area contributed by atoms with Crippen LogP contribution in [0.25, 0.3) is 0 Å². The molecule has 4 heteroatoms. The molecular formula is C9H16NO2S. The first-order valence-corrected chi connectivity index (χ1v) is 5.36. The average molecular weight is 202 g/mol. The lowest BCUT2D eigenvalue weighted by Crippen LogP contribution is -2.35. The fourth-order valence-corrected chi connectivity index (χ4v) is 1.89. The van der Waals surface area contributed by atoms with E-state index in [4.69, 9.17) is 4.74 Å². The Labute approximate surface area is 83.8 Å². The van der Waals surface area contributed by atoms with Crippen LogP contribution in [0.4, 0.5) is 4.79 Å². The number of hydrogen-bond donors (Lipinski definition) is 0. The van der Waals surface area contributed by atoms with Crippen LogP contribution in [0.5, 0.6) is 0 Å². The maximum atomic E-state index is 11.5. The Hall–Kier alpha value is -0.380. The number of carbonyl (C=O) groups is 1. The molecule has 1 fully saturated rings. The standard InChI is InChI=1S/C9H16NO2S/c1-7-5-10(6-13-7)8(11)12-9(2,3)4/h7H,1,5-6H2,2-4H3. The van der Waals surface area contributed by atoms with Gasteiger partial charge in [0.15, 0.2) is 0 Å². The summed E-state index contributed by atoms with van der Waals surface area (Å²) >= 11 is 1.67. The molecule has 0 saturated carbocycles. The lowest BCUT2D eigenvalue weighted by atomic mass is 10.2. The fraction of sp³-hybridized carbons (Fsp3) is 0.778. The monoisotopic (exact) mass is 202 g/mol. The van der Waals surface area contributed by atoms with E-state index < -0.39 is 5.60 Å². The molecule has 0 aromatic rings. The van der Waals surface area contributed by atoms with E-state index in [-0.39, 0.29) is 11.3 Å². The van der Waals surface area contributed by atoms with Crippen molar-refractivity contribution in [1.29, 1.82) is 0 Å². The summed E-state index contributed by atoms with van der Waals surface area (Å²) in [5.74, 6) is 0.698. The highest BCUT2D eigenvalue weighted by atomic mass is 32.2. The number of rotatable bonds is 0. The maximum Gasteiger partial charge on any atom is 0.411 e. The molecule has 0 aliphatic carbocycles. The van der Waals surface area contributed by atoms with Crippen LogP contribution in [0.1, 0.15) is 20.8 Å². The normalized spacial score (nSPS) is 23.4. The van der Waals surface area contributed by atoms with Crippen LogP contribution in [0, 0.1) is 6.92 Å². The second kappa shape index (κ2) is 3.78. The van der Waals surface area contributed by atoms with Gasteiger partial charge in [-0.15, -0.1) is 11.8 Å². The Kier molecular flexibility index (Phi) is 3.11. The summed E-state index contributed by atoms with van der Waals surface area (Å²) in [5.41, 5.74) is -0.402. The van der Waals surface area contributed by atoms with Gasteiger partial charge in [0.25, 0.3) is 0 Å². The van der Waals surface area contributed by atoms with Crippen LogP contribution in [0.2, 0.25) is 0 Å². The molecular weight excluding hydrogens is 186 g/mol. The van der Waals surface area contributed by atoms with E-state index >= 15 is 0 Å². The minimum absolute atomic E-state index is 0.230. The summed E-state index contributed by atoms with van der Waals surface area (Å²) in [7, 11) is 0. The molecule has 0 spiro atoms. The predicted molar refractivity (Wildman–Crippen MR) is 54.5 cm³/mol. The van der Waals surface area contributed by atoms with Gasteiger partial charge in [-0.2, -0.15) is 0 Å². The fourth-order valence-electron chi connectivity index (χ4n) is 1.00. The van der Waals surface area contributed by atoms with Crippen LogP contribution < -0.4 is 0 Å². The number of ether oxygens (including phenoxy) is 1. The third-order valence-electron chi connectivity index (χ3n) is 1.54. The topological polar surface area (TPSA) is 29.5 Å². The first kappa shape index (κ1) is 10.7. The van der Waals surface area contributed by atoms with Gasteiger partial charge in [-0.25, -0.2) is 4.79 Å². The molecule has 3 nitrogen and oxygen atoms in total. The molecule has 1 saturated heterocycles. The highest BCUT2D eigenvalue weighted by Gasteiger charge is 2.27. The smallest absolute Gasteiger partial charge is 0.411 e. The summed E-state index contributed by atoms with van der Waals surface area (Å²) in [4.78, 5) is 13.2. The van der Waals surface area contributed by atoms with E-state index in [9.17, 15) is 4.79 Å². The molecule has 75 valence electrons. The lowest BCUT2D eigenvalue weighted by molar-refractivity contribution is 0.0303. The number of amides is 1. The maximum absolute atomic E-state index is 11.5. The van der Waals surface area contributed by atoms with Gasteiger partial charge < -0.3 is 4.74 Å². The summed E-state index contributed by atoms with van der Waals surface area (Å²) in [6.07, 6.45) is -0.230. The van der Waals surface area contributed by atoms with Crippen LogP contribution in [-0.2, 0) is 4.74 Å². The molecule has 1 aliphatic rings. The Morgan fingerprint density at radius 1 is 1.62 bits per heavy atom. The molecule has 1 aliphatic heterocycles. The van der Waals surface area contributed by atoms with E-state index in [0.717, 1.165) is 0 Å². The average Bonchev–Trinajstić information content (AvgIpc) is 2.31. The van der Waals surface area contributed by atoms with Gasteiger partial charge in [0.2, 0.25) is 0 Å². The van der Waals surface area contributed by atoms with Crippen molar-refractivity contribution in [3.8, 4) is 0 Å². The predicted octanol–water partition coefficient (Wildman–Crippen LogP) is 2.13.